The molecule has 90 valence electrons. The Balaban J connectivity index is 2.23. The molecule has 17 heavy (non-hydrogen) atoms. The fraction of sp³-hybridized carbons (Fsp3) is 0.250. The van der Waals surface area contributed by atoms with E-state index in [1.165, 1.54) is 11.3 Å². The summed E-state index contributed by atoms with van der Waals surface area (Å²) in [5.41, 5.74) is 1.84. The van der Waals surface area contributed by atoms with Crippen LogP contribution in [0.1, 0.15) is 17.4 Å². The molecule has 0 fully saturated rings. The molecule has 0 spiro atoms. The summed E-state index contributed by atoms with van der Waals surface area (Å²) in [5.74, 6) is 0. The zero-order valence-electron chi connectivity index (χ0n) is 9.15. The number of rotatable bonds is 3. The lowest BCUT2D eigenvalue weighted by molar-refractivity contribution is 0.0605. The van der Waals surface area contributed by atoms with Gasteiger partial charge in [-0.15, -0.1) is 11.3 Å². The van der Waals surface area contributed by atoms with E-state index in [4.69, 9.17) is 11.6 Å². The molecule has 0 saturated heterocycles. The number of nitrogens with zero attached hydrogens (tertiary/aromatic N) is 1. The molecule has 0 aliphatic carbocycles. The molecular formula is C12H11BrClNOS. The van der Waals surface area contributed by atoms with E-state index in [1.54, 1.807) is 12.4 Å². The van der Waals surface area contributed by atoms with E-state index in [0.717, 1.165) is 10.4 Å². The molecule has 0 radical (unpaired) electrons. The third-order valence-electron chi connectivity index (χ3n) is 2.47. The molecule has 5 heteroatoms. The number of hydrogen-bond acceptors (Lipinski definition) is 3. The quantitative estimate of drug-likeness (QED) is 0.921. The molecule has 0 bridgehead atoms. The molecule has 0 aliphatic rings. The molecule has 1 aromatic carbocycles. The topological polar surface area (TPSA) is 33.1 Å². The second-order valence-corrected chi connectivity index (χ2v) is 6.09. The standard InChI is InChI=1S/C12H11BrClNOS/c1-12(16,10-11(13)15-7-17-10)6-8-2-4-9(14)5-3-8/h2-5,7,16H,6H2,1H3. The lowest BCUT2D eigenvalue weighted by Crippen LogP contribution is -2.23. The van der Waals surface area contributed by atoms with Crippen molar-refractivity contribution in [1.82, 2.24) is 4.98 Å². The predicted molar refractivity (Wildman–Crippen MR) is 74.5 cm³/mol. The van der Waals surface area contributed by atoms with Crippen molar-refractivity contribution < 1.29 is 5.11 Å². The minimum Gasteiger partial charge on any atom is -0.384 e. The van der Waals surface area contributed by atoms with Crippen LogP contribution in [0.15, 0.2) is 34.4 Å². The van der Waals surface area contributed by atoms with E-state index in [9.17, 15) is 5.11 Å². The van der Waals surface area contributed by atoms with Gasteiger partial charge in [-0.2, -0.15) is 0 Å². The Morgan fingerprint density at radius 2 is 2.06 bits per heavy atom. The molecule has 1 N–H and O–H groups in total. The smallest absolute Gasteiger partial charge is 0.123 e. The molecule has 2 nitrogen and oxygen atoms in total. The van der Waals surface area contributed by atoms with Crippen molar-refractivity contribution in [2.45, 2.75) is 18.9 Å². The van der Waals surface area contributed by atoms with Gasteiger partial charge in [-0.3, -0.25) is 0 Å². The fourth-order valence-electron chi connectivity index (χ4n) is 1.66. The van der Waals surface area contributed by atoms with E-state index in [2.05, 4.69) is 20.9 Å². The Bertz CT molecular complexity index is 509. The number of hydrogen-bond donors (Lipinski definition) is 1. The maximum absolute atomic E-state index is 10.5. The lowest BCUT2D eigenvalue weighted by atomic mass is 9.95. The van der Waals surface area contributed by atoms with Gasteiger partial charge in [0, 0.05) is 11.4 Å². The van der Waals surface area contributed by atoms with Crippen LogP contribution >= 0.6 is 38.9 Å². The Morgan fingerprint density at radius 1 is 1.41 bits per heavy atom. The molecule has 0 amide bonds. The van der Waals surface area contributed by atoms with E-state index in [-0.39, 0.29) is 0 Å². The summed E-state index contributed by atoms with van der Waals surface area (Å²) < 4.78 is 0.710. The summed E-state index contributed by atoms with van der Waals surface area (Å²) in [6, 6.07) is 7.50. The van der Waals surface area contributed by atoms with Crippen LogP contribution < -0.4 is 0 Å². The number of halogens is 2. The van der Waals surface area contributed by atoms with Crippen LogP contribution in [0.5, 0.6) is 0 Å². The Hall–Kier alpha value is -0.420. The maximum atomic E-state index is 10.5. The van der Waals surface area contributed by atoms with Gasteiger partial charge in [0.1, 0.15) is 10.2 Å². The van der Waals surface area contributed by atoms with Crippen LogP contribution in [0.3, 0.4) is 0 Å². The van der Waals surface area contributed by atoms with Gasteiger partial charge in [0.25, 0.3) is 0 Å². The average molecular weight is 333 g/mol. The minimum absolute atomic E-state index is 0.533. The summed E-state index contributed by atoms with van der Waals surface area (Å²) >= 11 is 10.6. The van der Waals surface area contributed by atoms with Crippen LogP contribution in [0, 0.1) is 0 Å². The van der Waals surface area contributed by atoms with Crippen molar-refractivity contribution in [1.29, 1.82) is 0 Å². The van der Waals surface area contributed by atoms with Crippen LogP contribution in [-0.4, -0.2) is 10.1 Å². The maximum Gasteiger partial charge on any atom is 0.123 e. The molecule has 1 aromatic heterocycles. The van der Waals surface area contributed by atoms with Crippen molar-refractivity contribution in [3.63, 3.8) is 0 Å². The molecule has 2 rings (SSSR count). The van der Waals surface area contributed by atoms with E-state index >= 15 is 0 Å². The highest BCUT2D eigenvalue weighted by Crippen LogP contribution is 2.33. The minimum atomic E-state index is -0.923. The van der Waals surface area contributed by atoms with Crippen LogP contribution in [0.25, 0.3) is 0 Å². The first kappa shape index (κ1) is 13.0. The summed E-state index contributed by atoms with van der Waals surface area (Å²) in [6.45, 7) is 1.79. The fourth-order valence-corrected chi connectivity index (χ4v) is 3.47. The van der Waals surface area contributed by atoms with Gasteiger partial charge in [0.15, 0.2) is 0 Å². The lowest BCUT2D eigenvalue weighted by Gasteiger charge is -2.22. The van der Waals surface area contributed by atoms with E-state index < -0.39 is 5.60 Å². The monoisotopic (exact) mass is 331 g/mol. The second kappa shape index (κ2) is 5.06. The molecule has 0 aliphatic heterocycles. The highest BCUT2D eigenvalue weighted by atomic mass is 79.9. The van der Waals surface area contributed by atoms with Crippen LogP contribution in [0.2, 0.25) is 5.02 Å². The summed E-state index contributed by atoms with van der Waals surface area (Å²) in [5, 5.41) is 11.2. The normalized spacial score (nSPS) is 14.6. The molecule has 0 saturated carbocycles. The van der Waals surface area contributed by atoms with Gasteiger partial charge < -0.3 is 5.11 Å². The molecule has 1 atom stereocenters. The predicted octanol–water partition coefficient (Wildman–Crippen LogP) is 4.01. The van der Waals surface area contributed by atoms with Crippen molar-refractivity contribution in [2.24, 2.45) is 0 Å². The second-order valence-electron chi connectivity index (χ2n) is 4.05. The zero-order chi connectivity index (χ0) is 12.5. The van der Waals surface area contributed by atoms with Crippen LogP contribution in [0.4, 0.5) is 0 Å². The highest BCUT2D eigenvalue weighted by molar-refractivity contribution is 9.10. The third-order valence-corrected chi connectivity index (χ3v) is 4.67. The highest BCUT2D eigenvalue weighted by Gasteiger charge is 2.28. The van der Waals surface area contributed by atoms with Gasteiger partial charge in [-0.25, -0.2) is 4.98 Å². The summed E-state index contributed by atoms with van der Waals surface area (Å²) in [6.07, 6.45) is 0.533. The van der Waals surface area contributed by atoms with Gasteiger partial charge in [-0.05, 0) is 40.5 Å². The van der Waals surface area contributed by atoms with Crippen molar-refractivity contribution >= 4 is 38.9 Å². The van der Waals surface area contributed by atoms with E-state index in [0.29, 0.717) is 16.0 Å². The van der Waals surface area contributed by atoms with Gasteiger partial charge in [0.2, 0.25) is 0 Å². The largest absolute Gasteiger partial charge is 0.384 e. The first-order valence-corrected chi connectivity index (χ1v) is 7.10. The Labute approximate surface area is 117 Å². The zero-order valence-corrected chi connectivity index (χ0v) is 12.3. The number of benzene rings is 1. The number of aromatic nitrogens is 1. The van der Waals surface area contributed by atoms with E-state index in [1.807, 2.05) is 24.3 Å². The van der Waals surface area contributed by atoms with Crippen molar-refractivity contribution in [3.8, 4) is 0 Å². The molecular weight excluding hydrogens is 322 g/mol. The number of aliphatic hydroxyl groups is 1. The van der Waals surface area contributed by atoms with Gasteiger partial charge >= 0.3 is 0 Å². The summed E-state index contributed by atoms with van der Waals surface area (Å²) in [4.78, 5) is 4.93. The average Bonchev–Trinajstić information content (AvgIpc) is 2.68. The number of thiazole rings is 1. The SMILES string of the molecule is CC(O)(Cc1ccc(Cl)cc1)c1scnc1Br. The van der Waals surface area contributed by atoms with Gasteiger partial charge in [0.05, 0.1) is 10.4 Å². The summed E-state index contributed by atoms with van der Waals surface area (Å²) in [7, 11) is 0. The van der Waals surface area contributed by atoms with Crippen molar-refractivity contribution in [3.05, 3.63) is 49.8 Å². The van der Waals surface area contributed by atoms with Gasteiger partial charge in [-0.1, -0.05) is 23.7 Å². The molecule has 2 aromatic rings. The van der Waals surface area contributed by atoms with Crippen LogP contribution in [-0.2, 0) is 12.0 Å². The first-order valence-electron chi connectivity index (χ1n) is 5.05. The molecule has 1 heterocycles. The molecule has 1 unspecified atom stereocenters. The third kappa shape index (κ3) is 3.07. The first-order chi connectivity index (χ1) is 7.99. The Morgan fingerprint density at radius 3 is 2.59 bits per heavy atom. The van der Waals surface area contributed by atoms with Crippen molar-refractivity contribution in [2.75, 3.05) is 0 Å². The Kier molecular flexibility index (Phi) is 3.88.